The van der Waals surface area contributed by atoms with Gasteiger partial charge in [0.1, 0.15) is 5.82 Å². The second-order valence-corrected chi connectivity index (χ2v) is 8.76. The molecule has 1 aliphatic heterocycles. The molecule has 1 aliphatic rings. The molecule has 1 N–H and O–H groups in total. The number of pyridine rings is 1. The number of benzene rings is 2. The fourth-order valence-corrected chi connectivity index (χ4v) is 4.34. The topological polar surface area (TPSA) is 54.3 Å². The first kappa shape index (κ1) is 23.9. The summed E-state index contributed by atoms with van der Waals surface area (Å²) in [6.07, 6.45) is 2.20. The molecule has 34 heavy (non-hydrogen) atoms. The van der Waals surface area contributed by atoms with E-state index in [9.17, 15) is 22.8 Å². The predicted molar refractivity (Wildman–Crippen MR) is 126 cm³/mol. The van der Waals surface area contributed by atoms with Crippen LogP contribution >= 0.6 is 11.6 Å². The third-order valence-electron chi connectivity index (χ3n) is 6.04. The molecule has 1 fully saturated rings. The molecule has 0 unspecified atom stereocenters. The van der Waals surface area contributed by atoms with E-state index in [1.54, 1.807) is 35.2 Å². The van der Waals surface area contributed by atoms with Gasteiger partial charge in [-0.2, -0.15) is 8.78 Å². The average Bonchev–Trinajstić information content (AvgIpc) is 2.81. The number of hydrogen-bond acceptors (Lipinski definition) is 3. The van der Waals surface area contributed by atoms with E-state index in [0.29, 0.717) is 36.6 Å². The van der Waals surface area contributed by atoms with Crippen molar-refractivity contribution in [2.24, 2.45) is 0 Å². The van der Waals surface area contributed by atoms with Gasteiger partial charge in [0.05, 0.1) is 22.0 Å². The number of anilines is 2. The van der Waals surface area contributed by atoms with Gasteiger partial charge < -0.3 is 10.2 Å². The van der Waals surface area contributed by atoms with Crippen LogP contribution in [0.15, 0.2) is 59.5 Å². The van der Waals surface area contributed by atoms with Crippen molar-refractivity contribution in [3.8, 4) is 0 Å². The second-order valence-electron chi connectivity index (χ2n) is 8.35. The van der Waals surface area contributed by atoms with Crippen LogP contribution in [0.2, 0.25) is 5.02 Å². The first-order chi connectivity index (χ1) is 16.2. The number of rotatable bonds is 5. The van der Waals surface area contributed by atoms with Crippen molar-refractivity contribution in [1.82, 2.24) is 9.47 Å². The number of carbonyl (C=O) groups excluding carboxylic acids is 1. The van der Waals surface area contributed by atoms with Gasteiger partial charge in [0.2, 0.25) is 0 Å². The van der Waals surface area contributed by atoms with Gasteiger partial charge in [0, 0.05) is 25.4 Å². The minimum atomic E-state index is -3.08. The molecule has 178 valence electrons. The monoisotopic (exact) mass is 489 g/mol. The fraction of sp³-hybridized carbons (Fsp3) is 0.280. The first-order valence-electron chi connectivity index (χ1n) is 10.8. The van der Waals surface area contributed by atoms with E-state index in [4.69, 9.17) is 11.6 Å². The van der Waals surface area contributed by atoms with Crippen LogP contribution in [-0.4, -0.2) is 28.5 Å². The Balaban J connectivity index is 1.61. The molecule has 0 saturated carbocycles. The number of halogens is 4. The highest BCUT2D eigenvalue weighted by Crippen LogP contribution is 2.31. The summed E-state index contributed by atoms with van der Waals surface area (Å²) in [5.74, 6) is -0.596. The van der Waals surface area contributed by atoms with Crippen molar-refractivity contribution in [2.75, 3.05) is 18.4 Å². The highest BCUT2D eigenvalue weighted by Gasteiger charge is 2.27. The van der Waals surface area contributed by atoms with Gasteiger partial charge in [0.15, 0.2) is 0 Å². The number of likely N-dealkylation sites (tertiary alicyclic amines) is 1. The Bertz CT molecular complexity index is 1250. The summed E-state index contributed by atoms with van der Waals surface area (Å²) in [4.78, 5) is 27.2. The highest BCUT2D eigenvalue weighted by atomic mass is 35.5. The Hall–Kier alpha value is -3.26. The van der Waals surface area contributed by atoms with Crippen LogP contribution in [0.1, 0.15) is 46.8 Å². The summed E-state index contributed by atoms with van der Waals surface area (Å²) in [6, 6.07) is 12.5. The van der Waals surface area contributed by atoms with E-state index < -0.39 is 18.0 Å². The standard InChI is InChI=1S/C25H23ClF3N3O2/c1-15-2-7-20(26)22(12-15)30-21-13-23(33)32(25(28)29)14-19(21)24(34)31-10-8-17(9-11-31)16-3-5-18(27)6-4-16/h2-7,12-14,17,25,30H,8-11H2,1H3. The van der Waals surface area contributed by atoms with E-state index >= 15 is 0 Å². The molecule has 1 aromatic heterocycles. The third-order valence-corrected chi connectivity index (χ3v) is 6.37. The minimum Gasteiger partial charge on any atom is -0.353 e. The molecule has 5 nitrogen and oxygen atoms in total. The number of hydrogen-bond donors (Lipinski definition) is 1. The minimum absolute atomic E-state index is 0.0438. The molecule has 0 atom stereocenters. The van der Waals surface area contributed by atoms with Crippen LogP contribution in [0.25, 0.3) is 0 Å². The zero-order valence-corrected chi connectivity index (χ0v) is 19.2. The molecule has 1 amide bonds. The van der Waals surface area contributed by atoms with E-state index in [0.717, 1.165) is 23.4 Å². The average molecular weight is 490 g/mol. The molecule has 4 rings (SSSR count). The van der Waals surface area contributed by atoms with Crippen molar-refractivity contribution >= 4 is 28.9 Å². The van der Waals surface area contributed by atoms with Gasteiger partial charge >= 0.3 is 6.55 Å². The Labute approximate surface area is 199 Å². The summed E-state index contributed by atoms with van der Waals surface area (Å²) in [5.41, 5.74) is 1.48. The lowest BCUT2D eigenvalue weighted by molar-refractivity contribution is 0.0642. The number of amides is 1. The molecule has 2 aromatic carbocycles. The summed E-state index contributed by atoms with van der Waals surface area (Å²) in [7, 11) is 0. The van der Waals surface area contributed by atoms with Gasteiger partial charge in [-0.3, -0.25) is 14.2 Å². The van der Waals surface area contributed by atoms with Crippen molar-refractivity contribution < 1.29 is 18.0 Å². The molecule has 0 aliphatic carbocycles. The third kappa shape index (κ3) is 5.12. The number of piperidine rings is 1. The van der Waals surface area contributed by atoms with Gasteiger partial charge in [0.25, 0.3) is 11.5 Å². The van der Waals surface area contributed by atoms with E-state index in [1.165, 1.54) is 12.1 Å². The summed E-state index contributed by atoms with van der Waals surface area (Å²) >= 11 is 6.25. The molecule has 9 heteroatoms. The Morgan fingerprint density at radius 1 is 1.06 bits per heavy atom. The highest BCUT2D eigenvalue weighted by molar-refractivity contribution is 6.33. The Kier molecular flexibility index (Phi) is 6.97. The van der Waals surface area contributed by atoms with Crippen LogP contribution < -0.4 is 10.9 Å². The van der Waals surface area contributed by atoms with Crippen LogP contribution in [0.5, 0.6) is 0 Å². The smallest absolute Gasteiger partial charge is 0.321 e. The van der Waals surface area contributed by atoms with Gasteiger partial charge in [-0.15, -0.1) is 0 Å². The van der Waals surface area contributed by atoms with Crippen LogP contribution in [0.3, 0.4) is 0 Å². The number of carbonyl (C=O) groups is 1. The quantitative estimate of drug-likeness (QED) is 0.470. The normalized spacial score (nSPS) is 14.5. The van der Waals surface area contributed by atoms with Crippen molar-refractivity contribution in [3.63, 3.8) is 0 Å². The maximum absolute atomic E-state index is 13.4. The zero-order chi connectivity index (χ0) is 24.4. The summed E-state index contributed by atoms with van der Waals surface area (Å²) in [6.45, 7) is -0.424. The van der Waals surface area contributed by atoms with E-state index in [2.05, 4.69) is 5.32 Å². The molecule has 0 radical (unpaired) electrons. The molecular formula is C25H23ClF3N3O2. The lowest BCUT2D eigenvalue weighted by atomic mass is 9.89. The number of aryl methyl sites for hydroxylation is 1. The maximum Gasteiger partial charge on any atom is 0.321 e. The van der Waals surface area contributed by atoms with E-state index in [1.807, 2.05) is 6.92 Å². The largest absolute Gasteiger partial charge is 0.353 e. The zero-order valence-electron chi connectivity index (χ0n) is 18.4. The second kappa shape index (κ2) is 9.93. The van der Waals surface area contributed by atoms with Gasteiger partial charge in [-0.25, -0.2) is 4.39 Å². The first-order valence-corrected chi connectivity index (χ1v) is 11.2. The van der Waals surface area contributed by atoms with Crippen molar-refractivity contribution in [3.05, 3.63) is 92.6 Å². The summed E-state index contributed by atoms with van der Waals surface area (Å²) < 4.78 is 40.3. The molecular weight excluding hydrogens is 467 g/mol. The van der Waals surface area contributed by atoms with Crippen LogP contribution in [-0.2, 0) is 0 Å². The SMILES string of the molecule is Cc1ccc(Cl)c(Nc2cc(=O)n(C(F)F)cc2C(=O)N2CCC(c3ccc(F)cc3)CC2)c1. The lowest BCUT2D eigenvalue weighted by Gasteiger charge is -2.33. The van der Waals surface area contributed by atoms with Gasteiger partial charge in [-0.1, -0.05) is 29.8 Å². The lowest BCUT2D eigenvalue weighted by Crippen LogP contribution is -2.39. The van der Waals surface area contributed by atoms with Crippen LogP contribution in [0.4, 0.5) is 24.5 Å². The van der Waals surface area contributed by atoms with Crippen LogP contribution in [0, 0.1) is 12.7 Å². The number of aromatic nitrogens is 1. The Morgan fingerprint density at radius 3 is 2.38 bits per heavy atom. The molecule has 0 bridgehead atoms. The van der Waals surface area contributed by atoms with Crippen molar-refractivity contribution in [2.45, 2.75) is 32.2 Å². The maximum atomic E-state index is 13.4. The molecule has 0 spiro atoms. The number of alkyl halides is 2. The number of nitrogens with one attached hydrogen (secondary N) is 1. The fourth-order valence-electron chi connectivity index (χ4n) is 4.18. The van der Waals surface area contributed by atoms with Gasteiger partial charge in [-0.05, 0) is 61.1 Å². The molecule has 1 saturated heterocycles. The molecule has 2 heterocycles. The predicted octanol–water partition coefficient (Wildman–Crippen LogP) is 6.11. The summed E-state index contributed by atoms with van der Waals surface area (Å²) in [5, 5.41) is 3.34. The molecule has 3 aromatic rings. The Morgan fingerprint density at radius 2 is 1.74 bits per heavy atom. The van der Waals surface area contributed by atoms with E-state index in [-0.39, 0.29) is 27.6 Å². The van der Waals surface area contributed by atoms with Crippen molar-refractivity contribution in [1.29, 1.82) is 0 Å². The number of nitrogens with zero attached hydrogens (tertiary/aromatic N) is 2.